The Morgan fingerprint density at radius 1 is 0.875 bits per heavy atom. The fourth-order valence-corrected chi connectivity index (χ4v) is 0.822. The van der Waals surface area contributed by atoms with Crippen LogP contribution >= 0.6 is 0 Å². The van der Waals surface area contributed by atoms with Gasteiger partial charge in [-0.1, -0.05) is 18.2 Å². The molecule has 92 valence electrons. The van der Waals surface area contributed by atoms with Crippen LogP contribution in [0.4, 0.5) is 26.3 Å². The smallest absolute Gasteiger partial charge is 0.166 e. The topological polar surface area (TPSA) is 0 Å². The van der Waals surface area contributed by atoms with E-state index >= 15 is 0 Å². The first-order chi connectivity index (χ1) is 6.94. The first kappa shape index (κ1) is 14.8. The van der Waals surface area contributed by atoms with Gasteiger partial charge in [-0.25, -0.2) is 0 Å². The third kappa shape index (κ3) is 5.04. The molecule has 0 rings (SSSR count). The molecule has 0 aliphatic carbocycles. The van der Waals surface area contributed by atoms with Gasteiger partial charge in [0.15, 0.2) is 0 Å². The van der Waals surface area contributed by atoms with Gasteiger partial charge in [-0.05, 0) is 19.9 Å². The number of halogens is 6. The maximum absolute atomic E-state index is 12.0. The summed E-state index contributed by atoms with van der Waals surface area (Å²) in [5.74, 6) is 0. The minimum absolute atomic E-state index is 0.155. The molecule has 0 fully saturated rings. The molecule has 0 atom stereocenters. The highest BCUT2D eigenvalue weighted by Crippen LogP contribution is 2.28. The predicted octanol–water partition coefficient (Wildman–Crippen LogP) is 4.56. The van der Waals surface area contributed by atoms with Crippen molar-refractivity contribution in [2.24, 2.45) is 0 Å². The van der Waals surface area contributed by atoms with Crippen molar-refractivity contribution in [3.8, 4) is 0 Å². The summed E-state index contributed by atoms with van der Waals surface area (Å²) in [5.41, 5.74) is -2.30. The van der Waals surface area contributed by atoms with Crippen LogP contribution < -0.4 is 0 Å². The molecule has 0 nitrogen and oxygen atoms in total. The van der Waals surface area contributed by atoms with Crippen LogP contribution in [-0.2, 0) is 0 Å². The molecule has 0 aromatic rings. The summed E-state index contributed by atoms with van der Waals surface area (Å²) >= 11 is 0. The molecule has 0 saturated carbocycles. The predicted molar refractivity (Wildman–Crippen MR) is 48.8 cm³/mol. The van der Waals surface area contributed by atoms with Crippen molar-refractivity contribution in [1.29, 1.82) is 0 Å². The van der Waals surface area contributed by atoms with Crippen molar-refractivity contribution >= 4 is 0 Å². The average Bonchev–Trinajstić information content (AvgIpc) is 1.99. The van der Waals surface area contributed by atoms with Crippen LogP contribution in [0.5, 0.6) is 0 Å². The van der Waals surface area contributed by atoms with Crippen molar-refractivity contribution < 1.29 is 26.3 Å². The zero-order chi connectivity index (χ0) is 13.1. The van der Waals surface area contributed by atoms with Gasteiger partial charge in [0, 0.05) is 11.1 Å². The molecule has 0 N–H and O–H groups in total. The van der Waals surface area contributed by atoms with E-state index in [-0.39, 0.29) is 5.57 Å². The molecule has 0 saturated heterocycles. The zero-order valence-corrected chi connectivity index (χ0v) is 8.63. The number of allylic oxidation sites excluding steroid dienone is 5. The number of hydrogen-bond donors (Lipinski definition) is 0. The molecule has 0 bridgehead atoms. The Labute approximate surface area is 88.9 Å². The van der Waals surface area contributed by atoms with E-state index in [1.54, 1.807) is 0 Å². The SMILES string of the molecule is C=C(/C=C(C)\C=C(/C)C(F)(F)F)C(F)(F)F. The fourth-order valence-electron chi connectivity index (χ4n) is 0.822. The molecule has 0 aliphatic rings. The Kier molecular flexibility index (Phi) is 4.40. The second-order valence-electron chi connectivity index (χ2n) is 3.24. The van der Waals surface area contributed by atoms with Gasteiger partial charge in [-0.15, -0.1) is 0 Å². The van der Waals surface area contributed by atoms with E-state index < -0.39 is 23.5 Å². The van der Waals surface area contributed by atoms with Gasteiger partial charge in [-0.2, -0.15) is 26.3 Å². The third-order valence-electron chi connectivity index (χ3n) is 1.66. The summed E-state index contributed by atoms with van der Waals surface area (Å²) < 4.78 is 72.1. The average molecular weight is 244 g/mol. The van der Waals surface area contributed by atoms with E-state index in [9.17, 15) is 26.3 Å². The van der Waals surface area contributed by atoms with Crippen LogP contribution in [0.1, 0.15) is 13.8 Å². The van der Waals surface area contributed by atoms with Crippen LogP contribution in [0.15, 0.2) is 35.5 Å². The Morgan fingerprint density at radius 2 is 1.31 bits per heavy atom. The van der Waals surface area contributed by atoms with Crippen LogP contribution in [-0.4, -0.2) is 12.4 Å². The van der Waals surface area contributed by atoms with E-state index in [0.29, 0.717) is 12.2 Å². The molecule has 6 heteroatoms. The first-order valence-electron chi connectivity index (χ1n) is 4.14. The molecule has 16 heavy (non-hydrogen) atoms. The summed E-state index contributed by atoms with van der Waals surface area (Å²) in [4.78, 5) is 0. The molecule has 0 aromatic heterocycles. The monoisotopic (exact) mass is 244 g/mol. The second-order valence-corrected chi connectivity index (χ2v) is 3.24. The standard InChI is InChI=1S/C10H10F6/c1-6(4-7(2)9(11,12)13)5-8(3)10(14,15)16/h4-5H,2H2,1,3H3/b6-4-,8-5+. The van der Waals surface area contributed by atoms with Gasteiger partial charge in [0.25, 0.3) is 0 Å². The Bertz CT molecular complexity index is 326. The lowest BCUT2D eigenvalue weighted by atomic mass is 10.1. The minimum Gasteiger partial charge on any atom is -0.166 e. The Morgan fingerprint density at radius 3 is 1.62 bits per heavy atom. The van der Waals surface area contributed by atoms with Crippen LogP contribution in [0.2, 0.25) is 0 Å². The van der Waals surface area contributed by atoms with Gasteiger partial charge >= 0.3 is 12.4 Å². The van der Waals surface area contributed by atoms with Crippen LogP contribution in [0.25, 0.3) is 0 Å². The van der Waals surface area contributed by atoms with Crippen molar-refractivity contribution in [1.82, 2.24) is 0 Å². The lowest BCUT2D eigenvalue weighted by Crippen LogP contribution is -2.10. The molecule has 0 heterocycles. The van der Waals surface area contributed by atoms with E-state index in [1.165, 1.54) is 0 Å². The molecular weight excluding hydrogens is 234 g/mol. The van der Waals surface area contributed by atoms with Gasteiger partial charge in [0.05, 0.1) is 0 Å². The van der Waals surface area contributed by atoms with Crippen molar-refractivity contribution in [2.45, 2.75) is 26.2 Å². The third-order valence-corrected chi connectivity index (χ3v) is 1.66. The summed E-state index contributed by atoms with van der Waals surface area (Å²) in [6, 6.07) is 0. The van der Waals surface area contributed by atoms with Gasteiger partial charge in [-0.3, -0.25) is 0 Å². The van der Waals surface area contributed by atoms with Crippen molar-refractivity contribution in [3.63, 3.8) is 0 Å². The highest BCUT2D eigenvalue weighted by atomic mass is 19.4. The lowest BCUT2D eigenvalue weighted by Gasteiger charge is -2.08. The van der Waals surface area contributed by atoms with E-state index in [0.717, 1.165) is 13.8 Å². The number of alkyl halides is 6. The number of hydrogen-bond acceptors (Lipinski definition) is 0. The second kappa shape index (κ2) is 4.76. The van der Waals surface area contributed by atoms with Crippen molar-refractivity contribution in [2.75, 3.05) is 0 Å². The van der Waals surface area contributed by atoms with E-state index in [1.807, 2.05) is 0 Å². The van der Waals surface area contributed by atoms with Crippen LogP contribution in [0.3, 0.4) is 0 Å². The highest BCUT2D eigenvalue weighted by molar-refractivity contribution is 5.32. The maximum atomic E-state index is 12.0. The summed E-state index contributed by atoms with van der Waals surface area (Å²) in [6.45, 7) is 4.65. The maximum Gasteiger partial charge on any atom is 0.415 e. The van der Waals surface area contributed by atoms with Gasteiger partial charge in [0.1, 0.15) is 0 Å². The molecule has 0 radical (unpaired) electrons. The highest BCUT2D eigenvalue weighted by Gasteiger charge is 2.31. The lowest BCUT2D eigenvalue weighted by molar-refractivity contribution is -0.0914. The van der Waals surface area contributed by atoms with E-state index in [2.05, 4.69) is 6.58 Å². The molecule has 0 spiro atoms. The molecule has 0 aromatic carbocycles. The molecule has 0 amide bonds. The Hall–Kier alpha value is -1.20. The minimum atomic E-state index is -4.62. The van der Waals surface area contributed by atoms with Crippen molar-refractivity contribution in [3.05, 3.63) is 35.5 Å². The molecular formula is C10H10F6. The number of rotatable bonds is 2. The summed E-state index contributed by atoms with van der Waals surface area (Å²) in [6.07, 6.45) is -7.96. The normalized spacial score (nSPS) is 15.2. The first-order valence-corrected chi connectivity index (χ1v) is 4.14. The fraction of sp³-hybridized carbons (Fsp3) is 0.400. The molecule has 0 unspecified atom stereocenters. The summed E-state index contributed by atoms with van der Waals surface area (Å²) in [7, 11) is 0. The van der Waals surface area contributed by atoms with Gasteiger partial charge < -0.3 is 0 Å². The largest absolute Gasteiger partial charge is 0.415 e. The zero-order valence-electron chi connectivity index (χ0n) is 8.63. The quantitative estimate of drug-likeness (QED) is 0.493. The van der Waals surface area contributed by atoms with Gasteiger partial charge in [0.2, 0.25) is 0 Å². The van der Waals surface area contributed by atoms with E-state index in [4.69, 9.17) is 0 Å². The van der Waals surface area contributed by atoms with Crippen LogP contribution in [0, 0.1) is 0 Å². The summed E-state index contributed by atoms with van der Waals surface area (Å²) in [5, 5.41) is 0. The molecule has 0 aliphatic heterocycles. The Balaban J connectivity index is 4.91.